The second kappa shape index (κ2) is 6.15. The summed E-state index contributed by atoms with van der Waals surface area (Å²) in [6, 6.07) is 0.205. The number of hydrogen-bond acceptors (Lipinski definition) is 2. The predicted octanol–water partition coefficient (Wildman–Crippen LogP) is 2.04. The van der Waals surface area contributed by atoms with Crippen molar-refractivity contribution >= 4 is 0 Å². The predicted molar refractivity (Wildman–Crippen MR) is 65.5 cm³/mol. The highest BCUT2D eigenvalue weighted by Crippen LogP contribution is 2.28. The Labute approximate surface area is 94.0 Å². The monoisotopic (exact) mass is 208 g/mol. The van der Waals surface area contributed by atoms with Crippen LogP contribution in [-0.2, 0) is 0 Å². The molecule has 0 aromatic carbocycles. The van der Waals surface area contributed by atoms with Crippen molar-refractivity contribution in [2.24, 2.45) is 5.73 Å². The molecule has 86 valence electrons. The second-order valence-corrected chi connectivity index (χ2v) is 4.70. The fourth-order valence-electron chi connectivity index (χ4n) is 2.49. The summed E-state index contributed by atoms with van der Waals surface area (Å²) in [5.41, 5.74) is 6.04. The molecule has 0 radical (unpaired) electrons. The van der Waals surface area contributed by atoms with Gasteiger partial charge in [0.1, 0.15) is 0 Å². The molecule has 1 fully saturated rings. The molecule has 0 heterocycles. The first-order valence-corrected chi connectivity index (χ1v) is 6.20. The lowest BCUT2D eigenvalue weighted by Gasteiger charge is -2.39. The molecule has 0 bridgehead atoms. The van der Waals surface area contributed by atoms with Crippen molar-refractivity contribution in [2.45, 2.75) is 63.5 Å². The van der Waals surface area contributed by atoms with Gasteiger partial charge in [-0.15, -0.1) is 6.42 Å². The van der Waals surface area contributed by atoms with Gasteiger partial charge >= 0.3 is 0 Å². The Kier molecular flexibility index (Phi) is 5.14. The Balaban J connectivity index is 2.53. The molecule has 2 heteroatoms. The molecule has 1 saturated carbocycles. The number of terminal acetylenes is 1. The second-order valence-electron chi connectivity index (χ2n) is 4.70. The van der Waals surface area contributed by atoms with E-state index in [1.165, 1.54) is 32.1 Å². The number of nitrogens with one attached hydrogen (secondary N) is 1. The van der Waals surface area contributed by atoms with Gasteiger partial charge in [-0.3, -0.25) is 5.32 Å². The molecule has 15 heavy (non-hydrogen) atoms. The topological polar surface area (TPSA) is 38.0 Å². The Morgan fingerprint density at radius 3 is 2.53 bits per heavy atom. The van der Waals surface area contributed by atoms with Crippen molar-refractivity contribution in [3.05, 3.63) is 0 Å². The first-order chi connectivity index (χ1) is 7.26. The summed E-state index contributed by atoms with van der Waals surface area (Å²) < 4.78 is 0. The standard InChI is InChI=1S/C13H24N2/c1-3-8-12(4-2)15-13(11-14)9-6-5-7-10-13/h2,12,15H,3,5-11,14H2,1H3. The largest absolute Gasteiger partial charge is 0.329 e. The molecule has 1 aliphatic carbocycles. The zero-order valence-corrected chi connectivity index (χ0v) is 9.89. The molecule has 1 atom stereocenters. The van der Waals surface area contributed by atoms with Gasteiger partial charge in [0.2, 0.25) is 0 Å². The molecule has 1 unspecified atom stereocenters. The van der Waals surface area contributed by atoms with Crippen molar-refractivity contribution in [1.82, 2.24) is 5.32 Å². The molecule has 1 rings (SSSR count). The van der Waals surface area contributed by atoms with E-state index in [1.807, 2.05) is 0 Å². The van der Waals surface area contributed by atoms with Gasteiger partial charge in [0, 0.05) is 12.1 Å². The molecular formula is C13H24N2. The van der Waals surface area contributed by atoms with Crippen molar-refractivity contribution in [1.29, 1.82) is 0 Å². The zero-order chi connectivity index (χ0) is 11.1. The van der Waals surface area contributed by atoms with Crippen molar-refractivity contribution in [3.63, 3.8) is 0 Å². The Hall–Kier alpha value is -0.520. The van der Waals surface area contributed by atoms with Gasteiger partial charge in [0.25, 0.3) is 0 Å². The van der Waals surface area contributed by atoms with Crippen LogP contribution >= 0.6 is 0 Å². The zero-order valence-electron chi connectivity index (χ0n) is 9.89. The quantitative estimate of drug-likeness (QED) is 0.679. The third-order valence-electron chi connectivity index (χ3n) is 3.46. The molecule has 0 aliphatic heterocycles. The van der Waals surface area contributed by atoms with Gasteiger partial charge in [-0.2, -0.15) is 0 Å². The van der Waals surface area contributed by atoms with E-state index < -0.39 is 0 Å². The van der Waals surface area contributed by atoms with Gasteiger partial charge in [-0.05, 0) is 19.3 Å². The van der Waals surface area contributed by atoms with E-state index in [-0.39, 0.29) is 11.6 Å². The lowest BCUT2D eigenvalue weighted by atomic mass is 9.81. The van der Waals surface area contributed by atoms with Crippen molar-refractivity contribution < 1.29 is 0 Å². The summed E-state index contributed by atoms with van der Waals surface area (Å²) in [5, 5.41) is 3.61. The summed E-state index contributed by atoms with van der Waals surface area (Å²) in [7, 11) is 0. The van der Waals surface area contributed by atoms with Crippen LogP contribution in [0.1, 0.15) is 51.9 Å². The normalized spacial score (nSPS) is 21.9. The van der Waals surface area contributed by atoms with Crippen LogP contribution in [0.15, 0.2) is 0 Å². The molecule has 1 aliphatic rings. The minimum Gasteiger partial charge on any atom is -0.329 e. The molecule has 2 nitrogen and oxygen atoms in total. The van der Waals surface area contributed by atoms with Gasteiger partial charge in [-0.1, -0.05) is 38.5 Å². The molecule has 0 spiro atoms. The fourth-order valence-corrected chi connectivity index (χ4v) is 2.49. The molecule has 0 amide bonds. The Bertz CT molecular complexity index is 211. The maximum atomic E-state index is 5.91. The smallest absolute Gasteiger partial charge is 0.0691 e. The minimum absolute atomic E-state index is 0.129. The van der Waals surface area contributed by atoms with Crippen LogP contribution in [0.5, 0.6) is 0 Å². The Morgan fingerprint density at radius 1 is 1.40 bits per heavy atom. The average Bonchev–Trinajstić information content (AvgIpc) is 2.30. The van der Waals surface area contributed by atoms with Crippen LogP contribution in [0.2, 0.25) is 0 Å². The molecule has 3 N–H and O–H groups in total. The average molecular weight is 208 g/mol. The number of hydrogen-bond donors (Lipinski definition) is 2. The van der Waals surface area contributed by atoms with Gasteiger partial charge in [0.05, 0.1) is 6.04 Å². The minimum atomic E-state index is 0.129. The van der Waals surface area contributed by atoms with E-state index in [1.54, 1.807) is 0 Å². The first kappa shape index (κ1) is 12.5. The lowest BCUT2D eigenvalue weighted by molar-refractivity contribution is 0.224. The van der Waals surface area contributed by atoms with Gasteiger partial charge < -0.3 is 5.73 Å². The van der Waals surface area contributed by atoms with Crippen molar-refractivity contribution in [3.8, 4) is 12.3 Å². The van der Waals surface area contributed by atoms with Crippen LogP contribution in [-0.4, -0.2) is 18.1 Å². The van der Waals surface area contributed by atoms with E-state index in [0.717, 1.165) is 19.4 Å². The molecule has 0 aromatic rings. The first-order valence-electron chi connectivity index (χ1n) is 6.20. The lowest BCUT2D eigenvalue weighted by Crippen LogP contribution is -2.55. The van der Waals surface area contributed by atoms with E-state index in [0.29, 0.717) is 0 Å². The highest BCUT2D eigenvalue weighted by atomic mass is 15.0. The van der Waals surface area contributed by atoms with Crippen LogP contribution in [0.3, 0.4) is 0 Å². The van der Waals surface area contributed by atoms with E-state index in [2.05, 4.69) is 18.2 Å². The van der Waals surface area contributed by atoms with E-state index >= 15 is 0 Å². The van der Waals surface area contributed by atoms with Gasteiger partial charge in [-0.25, -0.2) is 0 Å². The third-order valence-corrected chi connectivity index (χ3v) is 3.46. The summed E-state index contributed by atoms with van der Waals surface area (Å²) in [5.74, 6) is 2.84. The summed E-state index contributed by atoms with van der Waals surface area (Å²) in [6.45, 7) is 2.89. The van der Waals surface area contributed by atoms with Crippen LogP contribution < -0.4 is 11.1 Å². The maximum Gasteiger partial charge on any atom is 0.0691 e. The van der Waals surface area contributed by atoms with Crippen molar-refractivity contribution in [2.75, 3.05) is 6.54 Å². The summed E-state index contributed by atoms with van der Waals surface area (Å²) in [6.07, 6.45) is 14.0. The van der Waals surface area contributed by atoms with Gasteiger partial charge in [0.15, 0.2) is 0 Å². The van der Waals surface area contributed by atoms with Crippen LogP contribution in [0.4, 0.5) is 0 Å². The highest BCUT2D eigenvalue weighted by molar-refractivity contribution is 5.04. The maximum absolute atomic E-state index is 5.91. The molecule has 0 aromatic heterocycles. The third kappa shape index (κ3) is 3.52. The SMILES string of the molecule is C#CC(CCC)NC1(CN)CCCCC1. The Morgan fingerprint density at radius 2 is 2.07 bits per heavy atom. The number of nitrogens with two attached hydrogens (primary N) is 1. The molecule has 0 saturated heterocycles. The highest BCUT2D eigenvalue weighted by Gasteiger charge is 2.31. The van der Waals surface area contributed by atoms with E-state index in [9.17, 15) is 0 Å². The van der Waals surface area contributed by atoms with Crippen LogP contribution in [0, 0.1) is 12.3 Å². The summed E-state index contributed by atoms with van der Waals surface area (Å²) in [4.78, 5) is 0. The van der Waals surface area contributed by atoms with Crippen LogP contribution in [0.25, 0.3) is 0 Å². The fraction of sp³-hybridized carbons (Fsp3) is 0.846. The van der Waals surface area contributed by atoms with E-state index in [4.69, 9.17) is 12.2 Å². The number of rotatable bonds is 5. The molecular weight excluding hydrogens is 184 g/mol. The summed E-state index contributed by atoms with van der Waals surface area (Å²) >= 11 is 0.